The van der Waals surface area contributed by atoms with E-state index >= 15 is 0 Å². The fourth-order valence-corrected chi connectivity index (χ4v) is 2.03. The Morgan fingerprint density at radius 3 is 2.87 bits per heavy atom. The molecule has 0 amide bonds. The minimum Gasteiger partial charge on any atom is -0.388 e. The van der Waals surface area contributed by atoms with Gasteiger partial charge < -0.3 is 5.11 Å². The van der Waals surface area contributed by atoms with Crippen LogP contribution in [0.5, 0.6) is 0 Å². The monoisotopic (exact) mass is 224 g/mol. The molecule has 1 N–H and O–H groups in total. The second kappa shape index (κ2) is 4.04. The Balaban J connectivity index is 2.42. The maximum Gasteiger partial charge on any atom is 0.151 e. The summed E-state index contributed by atoms with van der Waals surface area (Å²) in [7, 11) is 0. The zero-order valence-electron chi connectivity index (χ0n) is 8.01. The normalized spacial score (nSPS) is 12.7. The lowest BCUT2D eigenvalue weighted by Gasteiger charge is -1.97. The average Bonchev–Trinajstić information content (AvgIpc) is 2.67. The van der Waals surface area contributed by atoms with Crippen molar-refractivity contribution in [1.82, 2.24) is 9.97 Å². The number of hydrogen-bond acceptors (Lipinski definition) is 4. The van der Waals surface area contributed by atoms with Gasteiger partial charge in [0.05, 0.1) is 17.2 Å². The lowest BCUT2D eigenvalue weighted by Crippen LogP contribution is -1.84. The van der Waals surface area contributed by atoms with Crippen LogP contribution < -0.4 is 0 Å². The molecule has 0 aliphatic heterocycles. The van der Waals surface area contributed by atoms with E-state index in [0.717, 1.165) is 11.1 Å². The molecular weight excluding hydrogens is 215 g/mol. The van der Waals surface area contributed by atoms with Gasteiger partial charge in [0.25, 0.3) is 0 Å². The van der Waals surface area contributed by atoms with Gasteiger partial charge in [-0.2, -0.15) is 0 Å². The molecule has 0 bridgehead atoms. The van der Waals surface area contributed by atoms with Crippen LogP contribution in [-0.4, -0.2) is 15.1 Å². The van der Waals surface area contributed by atoms with Gasteiger partial charge >= 0.3 is 0 Å². The fourth-order valence-electron chi connectivity index (χ4n) is 1.15. The zero-order chi connectivity index (χ0) is 10.8. The first-order valence-electron chi connectivity index (χ1n) is 4.42. The third-order valence-corrected chi connectivity index (χ3v) is 3.14. The molecule has 0 saturated heterocycles. The molecule has 0 saturated carbocycles. The quantitative estimate of drug-likeness (QED) is 0.852. The summed E-state index contributed by atoms with van der Waals surface area (Å²) in [4.78, 5) is 8.45. The van der Waals surface area contributed by atoms with Crippen molar-refractivity contribution in [2.75, 3.05) is 0 Å². The third kappa shape index (κ3) is 2.03. The van der Waals surface area contributed by atoms with Gasteiger partial charge in [-0.05, 0) is 13.0 Å². The largest absolute Gasteiger partial charge is 0.388 e. The Kier molecular flexibility index (Phi) is 2.75. The minimum atomic E-state index is -0.568. The van der Waals surface area contributed by atoms with E-state index in [9.17, 15) is 9.50 Å². The maximum absolute atomic E-state index is 13.3. The van der Waals surface area contributed by atoms with E-state index in [1.165, 1.54) is 17.5 Å². The Bertz CT molecular complexity index is 470. The van der Waals surface area contributed by atoms with Crippen molar-refractivity contribution in [2.24, 2.45) is 0 Å². The molecule has 0 aliphatic rings. The molecule has 0 aromatic carbocycles. The van der Waals surface area contributed by atoms with E-state index < -0.39 is 11.9 Å². The number of nitrogens with zero attached hydrogens (tertiary/aromatic N) is 2. The highest BCUT2D eigenvalue weighted by atomic mass is 32.1. The molecule has 1 atom stereocenters. The number of thiazole rings is 1. The third-order valence-electron chi connectivity index (χ3n) is 1.94. The van der Waals surface area contributed by atoms with Crippen LogP contribution in [0.4, 0.5) is 4.39 Å². The van der Waals surface area contributed by atoms with Crippen LogP contribution in [0.1, 0.15) is 17.9 Å². The van der Waals surface area contributed by atoms with Crippen molar-refractivity contribution >= 4 is 11.3 Å². The summed E-state index contributed by atoms with van der Waals surface area (Å²) in [6.07, 6.45) is 3.66. The molecule has 2 rings (SSSR count). The van der Waals surface area contributed by atoms with Gasteiger partial charge in [0.15, 0.2) is 5.82 Å². The van der Waals surface area contributed by atoms with Gasteiger partial charge in [-0.3, -0.25) is 4.98 Å². The predicted octanol–water partition coefficient (Wildman–Crippen LogP) is 2.40. The summed E-state index contributed by atoms with van der Waals surface area (Å²) in [5.74, 6) is -0.399. The summed E-state index contributed by atoms with van der Waals surface area (Å²) < 4.78 is 13.3. The molecular formula is C10H9FN2OS. The van der Waals surface area contributed by atoms with Gasteiger partial charge in [0.2, 0.25) is 0 Å². The van der Waals surface area contributed by atoms with Crippen LogP contribution in [0, 0.1) is 5.82 Å². The maximum atomic E-state index is 13.3. The fraction of sp³-hybridized carbons (Fsp3) is 0.200. The van der Waals surface area contributed by atoms with Gasteiger partial charge in [0.1, 0.15) is 5.01 Å². The van der Waals surface area contributed by atoms with Crippen molar-refractivity contribution in [1.29, 1.82) is 0 Å². The Hall–Kier alpha value is -1.33. The molecule has 15 heavy (non-hydrogen) atoms. The highest BCUT2D eigenvalue weighted by molar-refractivity contribution is 7.15. The number of halogens is 1. The Labute approximate surface area is 90.3 Å². The number of rotatable bonds is 2. The van der Waals surface area contributed by atoms with E-state index in [1.807, 2.05) is 0 Å². The summed E-state index contributed by atoms with van der Waals surface area (Å²) >= 11 is 1.28. The van der Waals surface area contributed by atoms with E-state index in [1.54, 1.807) is 19.2 Å². The molecule has 0 spiro atoms. The lowest BCUT2D eigenvalue weighted by atomic mass is 10.3. The first-order chi connectivity index (χ1) is 7.18. The van der Waals surface area contributed by atoms with Crippen LogP contribution in [0.2, 0.25) is 0 Å². The van der Waals surface area contributed by atoms with Crippen molar-refractivity contribution in [3.63, 3.8) is 0 Å². The molecule has 2 aromatic heterocycles. The summed E-state index contributed by atoms with van der Waals surface area (Å²) in [6, 6.07) is 1.57. The summed E-state index contributed by atoms with van der Waals surface area (Å²) in [5, 5.41) is 9.88. The standard InChI is InChI=1S/C10H9FN2OS/c1-6(14)9-5-13-10(15-9)7-2-3-12-4-8(7)11/h2-6,14H,1H3. The number of aliphatic hydroxyl groups excluding tert-OH is 1. The Morgan fingerprint density at radius 1 is 1.47 bits per heavy atom. The molecule has 2 aromatic rings. The van der Waals surface area contributed by atoms with Crippen molar-refractivity contribution in [3.8, 4) is 10.6 Å². The molecule has 0 radical (unpaired) electrons. The number of aromatic nitrogens is 2. The zero-order valence-corrected chi connectivity index (χ0v) is 8.83. The van der Waals surface area contributed by atoms with Gasteiger partial charge in [-0.1, -0.05) is 0 Å². The summed E-state index contributed by atoms with van der Waals surface area (Å²) in [6.45, 7) is 1.65. The van der Waals surface area contributed by atoms with E-state index in [-0.39, 0.29) is 0 Å². The average molecular weight is 224 g/mol. The van der Waals surface area contributed by atoms with Gasteiger partial charge in [-0.15, -0.1) is 11.3 Å². The van der Waals surface area contributed by atoms with Crippen LogP contribution >= 0.6 is 11.3 Å². The number of aliphatic hydroxyl groups is 1. The van der Waals surface area contributed by atoms with E-state index in [0.29, 0.717) is 10.6 Å². The first kappa shape index (κ1) is 10.2. The summed E-state index contributed by atoms with van der Waals surface area (Å²) in [5.41, 5.74) is 0.418. The predicted molar refractivity (Wildman–Crippen MR) is 55.9 cm³/mol. The topological polar surface area (TPSA) is 46.0 Å². The SMILES string of the molecule is CC(O)c1cnc(-c2ccncc2F)s1. The van der Waals surface area contributed by atoms with Gasteiger partial charge in [-0.25, -0.2) is 9.37 Å². The van der Waals surface area contributed by atoms with Crippen LogP contribution in [0.3, 0.4) is 0 Å². The van der Waals surface area contributed by atoms with Crippen LogP contribution in [0.25, 0.3) is 10.6 Å². The second-order valence-electron chi connectivity index (χ2n) is 3.10. The second-order valence-corrected chi connectivity index (χ2v) is 4.16. The number of pyridine rings is 1. The Morgan fingerprint density at radius 2 is 2.27 bits per heavy atom. The van der Waals surface area contributed by atoms with E-state index in [2.05, 4.69) is 9.97 Å². The highest BCUT2D eigenvalue weighted by Gasteiger charge is 2.11. The van der Waals surface area contributed by atoms with Crippen molar-refractivity contribution in [3.05, 3.63) is 35.4 Å². The minimum absolute atomic E-state index is 0.399. The molecule has 1 unspecified atom stereocenters. The molecule has 0 fully saturated rings. The molecule has 5 heteroatoms. The van der Waals surface area contributed by atoms with E-state index in [4.69, 9.17) is 0 Å². The van der Waals surface area contributed by atoms with Crippen LogP contribution in [0.15, 0.2) is 24.7 Å². The smallest absolute Gasteiger partial charge is 0.151 e. The van der Waals surface area contributed by atoms with Crippen molar-refractivity contribution < 1.29 is 9.50 Å². The lowest BCUT2D eigenvalue weighted by molar-refractivity contribution is 0.203. The molecule has 78 valence electrons. The first-order valence-corrected chi connectivity index (χ1v) is 5.24. The molecule has 0 aliphatic carbocycles. The van der Waals surface area contributed by atoms with Crippen molar-refractivity contribution in [2.45, 2.75) is 13.0 Å². The molecule has 3 nitrogen and oxygen atoms in total. The van der Waals surface area contributed by atoms with Gasteiger partial charge in [0, 0.05) is 18.0 Å². The highest BCUT2D eigenvalue weighted by Crippen LogP contribution is 2.29. The van der Waals surface area contributed by atoms with Crippen LogP contribution in [-0.2, 0) is 0 Å². The number of hydrogen-bond donors (Lipinski definition) is 1. The molecule has 2 heterocycles.